The van der Waals surface area contributed by atoms with Gasteiger partial charge in [0, 0.05) is 19.5 Å². The van der Waals surface area contributed by atoms with Crippen LogP contribution in [0.1, 0.15) is 38.5 Å². The number of carbonyl (C=O) groups is 1. The third kappa shape index (κ3) is 5.05. The van der Waals surface area contributed by atoms with Gasteiger partial charge in [-0.25, -0.2) is 0 Å². The summed E-state index contributed by atoms with van der Waals surface area (Å²) in [5.74, 6) is 1.02. The van der Waals surface area contributed by atoms with E-state index < -0.39 is 0 Å². The van der Waals surface area contributed by atoms with Gasteiger partial charge in [0.05, 0.1) is 12.7 Å². The molecule has 1 N–H and O–H groups in total. The average Bonchev–Trinajstić information content (AvgIpc) is 2.52. The number of para-hydroxylation sites is 1. The minimum atomic E-state index is -0.177. The zero-order valence-corrected chi connectivity index (χ0v) is 12.7. The van der Waals surface area contributed by atoms with Crippen molar-refractivity contribution in [2.24, 2.45) is 0 Å². The molecule has 1 aromatic rings. The zero-order chi connectivity index (χ0) is 15.1. The van der Waals surface area contributed by atoms with Gasteiger partial charge >= 0.3 is 0 Å². The minimum absolute atomic E-state index is 0.174. The average molecular weight is 291 g/mol. The standard InChI is InChI=1S/C17H25NO3/c1-18(14-9-11-15(19)12-10-14)17(20)8-5-13-21-16-6-3-2-4-7-16/h2-4,6-7,14-15,19H,5,8-13H2,1H3. The molecule has 1 fully saturated rings. The first-order chi connectivity index (χ1) is 10.2. The molecule has 0 aliphatic heterocycles. The fraction of sp³-hybridized carbons (Fsp3) is 0.588. The second-order valence-corrected chi connectivity index (χ2v) is 5.73. The number of hydrogen-bond donors (Lipinski definition) is 1. The molecule has 1 aliphatic carbocycles. The highest BCUT2D eigenvalue weighted by molar-refractivity contribution is 5.76. The highest BCUT2D eigenvalue weighted by Crippen LogP contribution is 2.22. The highest BCUT2D eigenvalue weighted by Gasteiger charge is 2.25. The van der Waals surface area contributed by atoms with E-state index in [4.69, 9.17) is 4.74 Å². The maximum Gasteiger partial charge on any atom is 0.222 e. The first kappa shape index (κ1) is 15.8. The SMILES string of the molecule is CN(C(=O)CCCOc1ccccc1)C1CCC(O)CC1. The van der Waals surface area contributed by atoms with Gasteiger partial charge in [-0.05, 0) is 44.2 Å². The van der Waals surface area contributed by atoms with Crippen LogP contribution in [0, 0.1) is 0 Å². The van der Waals surface area contributed by atoms with Crippen molar-refractivity contribution >= 4 is 5.91 Å². The Balaban J connectivity index is 1.64. The molecule has 21 heavy (non-hydrogen) atoms. The van der Waals surface area contributed by atoms with Crippen molar-refractivity contribution in [3.8, 4) is 5.75 Å². The summed E-state index contributed by atoms with van der Waals surface area (Å²) in [6, 6.07) is 9.95. The smallest absolute Gasteiger partial charge is 0.222 e. The van der Waals surface area contributed by atoms with E-state index in [0.717, 1.165) is 37.9 Å². The minimum Gasteiger partial charge on any atom is -0.494 e. The molecule has 1 saturated carbocycles. The number of carbonyl (C=O) groups excluding carboxylic acids is 1. The lowest BCUT2D eigenvalue weighted by Crippen LogP contribution is -2.40. The van der Waals surface area contributed by atoms with Gasteiger partial charge in [-0.3, -0.25) is 4.79 Å². The summed E-state index contributed by atoms with van der Waals surface area (Å²) in [6.45, 7) is 0.562. The summed E-state index contributed by atoms with van der Waals surface area (Å²) in [5, 5.41) is 9.51. The second kappa shape index (κ2) is 8.03. The van der Waals surface area contributed by atoms with Gasteiger partial charge in [-0.15, -0.1) is 0 Å². The lowest BCUT2D eigenvalue weighted by Gasteiger charge is -2.33. The fourth-order valence-corrected chi connectivity index (χ4v) is 2.76. The summed E-state index contributed by atoms with van der Waals surface area (Å²) >= 11 is 0. The third-order valence-corrected chi connectivity index (χ3v) is 4.15. The molecular formula is C17H25NO3. The molecule has 0 aromatic heterocycles. The molecule has 1 aliphatic rings. The Hall–Kier alpha value is -1.55. The Bertz CT molecular complexity index is 427. The Morgan fingerprint density at radius 1 is 1.24 bits per heavy atom. The van der Waals surface area contributed by atoms with Crippen molar-refractivity contribution in [1.82, 2.24) is 4.90 Å². The van der Waals surface area contributed by atoms with Gasteiger partial charge in [-0.2, -0.15) is 0 Å². The van der Waals surface area contributed by atoms with E-state index in [-0.39, 0.29) is 18.1 Å². The molecule has 4 heteroatoms. The van der Waals surface area contributed by atoms with E-state index >= 15 is 0 Å². The first-order valence-corrected chi connectivity index (χ1v) is 7.78. The summed E-state index contributed by atoms with van der Waals surface area (Å²) < 4.78 is 5.59. The number of aliphatic hydroxyl groups excluding tert-OH is 1. The van der Waals surface area contributed by atoms with Crippen LogP contribution in [0.4, 0.5) is 0 Å². The van der Waals surface area contributed by atoms with Gasteiger partial charge < -0.3 is 14.7 Å². The second-order valence-electron chi connectivity index (χ2n) is 5.73. The Labute approximate surface area is 126 Å². The third-order valence-electron chi connectivity index (χ3n) is 4.15. The van der Waals surface area contributed by atoms with E-state index in [1.807, 2.05) is 42.3 Å². The quantitative estimate of drug-likeness (QED) is 0.820. The largest absolute Gasteiger partial charge is 0.494 e. The van der Waals surface area contributed by atoms with Crippen molar-refractivity contribution in [2.75, 3.05) is 13.7 Å². The van der Waals surface area contributed by atoms with Crippen molar-refractivity contribution < 1.29 is 14.6 Å². The van der Waals surface area contributed by atoms with Crippen LogP contribution in [0.2, 0.25) is 0 Å². The number of amides is 1. The van der Waals surface area contributed by atoms with Crippen molar-refractivity contribution in [1.29, 1.82) is 0 Å². The number of ether oxygens (including phenoxy) is 1. The molecule has 0 atom stereocenters. The summed E-state index contributed by atoms with van der Waals surface area (Å²) in [5.41, 5.74) is 0. The molecule has 0 heterocycles. The van der Waals surface area contributed by atoms with E-state index in [1.54, 1.807) is 0 Å². The Kier molecular flexibility index (Phi) is 6.05. The number of aliphatic hydroxyl groups is 1. The van der Waals surface area contributed by atoms with Crippen LogP contribution in [-0.2, 0) is 4.79 Å². The lowest BCUT2D eigenvalue weighted by molar-refractivity contribution is -0.133. The number of hydrogen-bond acceptors (Lipinski definition) is 3. The molecule has 1 aromatic carbocycles. The van der Waals surface area contributed by atoms with E-state index in [2.05, 4.69) is 0 Å². The molecule has 0 unspecified atom stereocenters. The molecule has 1 amide bonds. The van der Waals surface area contributed by atoms with E-state index in [0.29, 0.717) is 13.0 Å². The van der Waals surface area contributed by atoms with E-state index in [1.165, 1.54) is 0 Å². The highest BCUT2D eigenvalue weighted by atomic mass is 16.5. The fourth-order valence-electron chi connectivity index (χ4n) is 2.76. The molecule has 0 spiro atoms. The van der Waals surface area contributed by atoms with Crippen LogP contribution in [0.3, 0.4) is 0 Å². The molecule has 0 saturated heterocycles. The number of nitrogens with zero attached hydrogens (tertiary/aromatic N) is 1. The van der Waals surface area contributed by atoms with Crippen LogP contribution in [0.15, 0.2) is 30.3 Å². The lowest BCUT2D eigenvalue weighted by atomic mass is 9.92. The maximum atomic E-state index is 12.1. The number of benzene rings is 1. The van der Waals surface area contributed by atoms with E-state index in [9.17, 15) is 9.90 Å². The first-order valence-electron chi connectivity index (χ1n) is 7.78. The molecule has 2 rings (SSSR count). The predicted molar refractivity (Wildman–Crippen MR) is 82.2 cm³/mol. The Morgan fingerprint density at radius 3 is 2.57 bits per heavy atom. The maximum absolute atomic E-state index is 12.1. The molecule has 4 nitrogen and oxygen atoms in total. The van der Waals surface area contributed by atoms with Gasteiger partial charge in [0.25, 0.3) is 0 Å². The summed E-state index contributed by atoms with van der Waals surface area (Å²) in [6.07, 6.45) is 4.49. The monoisotopic (exact) mass is 291 g/mol. The van der Waals surface area contributed by atoms with Crippen LogP contribution in [0.25, 0.3) is 0 Å². The van der Waals surface area contributed by atoms with Crippen molar-refractivity contribution in [3.05, 3.63) is 30.3 Å². The zero-order valence-electron chi connectivity index (χ0n) is 12.7. The van der Waals surface area contributed by atoms with Crippen LogP contribution < -0.4 is 4.74 Å². The summed E-state index contributed by atoms with van der Waals surface area (Å²) in [7, 11) is 1.88. The van der Waals surface area contributed by atoms with Crippen molar-refractivity contribution in [2.45, 2.75) is 50.7 Å². The predicted octanol–water partition coefficient (Wildman–Crippen LogP) is 2.61. The molecular weight excluding hydrogens is 266 g/mol. The van der Waals surface area contributed by atoms with Gasteiger partial charge in [0.2, 0.25) is 5.91 Å². The van der Waals surface area contributed by atoms with Gasteiger partial charge in [0.15, 0.2) is 0 Å². The topological polar surface area (TPSA) is 49.8 Å². The van der Waals surface area contributed by atoms with Crippen molar-refractivity contribution in [3.63, 3.8) is 0 Å². The van der Waals surface area contributed by atoms with Gasteiger partial charge in [0.1, 0.15) is 5.75 Å². The normalized spacial score (nSPS) is 21.8. The van der Waals surface area contributed by atoms with Crippen LogP contribution in [-0.4, -0.2) is 41.7 Å². The van der Waals surface area contributed by atoms with Crippen LogP contribution in [0.5, 0.6) is 5.75 Å². The Morgan fingerprint density at radius 2 is 1.90 bits per heavy atom. The number of rotatable bonds is 6. The van der Waals surface area contributed by atoms with Gasteiger partial charge in [-0.1, -0.05) is 18.2 Å². The summed E-state index contributed by atoms with van der Waals surface area (Å²) in [4.78, 5) is 14.0. The molecule has 116 valence electrons. The van der Waals surface area contributed by atoms with Crippen LogP contribution >= 0.6 is 0 Å². The molecule has 0 bridgehead atoms. The molecule has 0 radical (unpaired) electrons.